The van der Waals surface area contributed by atoms with E-state index >= 15 is 0 Å². The fourth-order valence-electron chi connectivity index (χ4n) is 2.61. The minimum atomic E-state index is -0.0356. The topological polar surface area (TPSA) is 57.3 Å². The van der Waals surface area contributed by atoms with Crippen molar-refractivity contribution >= 4 is 22.5 Å². The van der Waals surface area contributed by atoms with Gasteiger partial charge in [-0.2, -0.15) is 0 Å². The predicted octanol–water partition coefficient (Wildman–Crippen LogP) is 2.40. The van der Waals surface area contributed by atoms with Crippen LogP contribution in [0, 0.1) is 0 Å². The van der Waals surface area contributed by atoms with Gasteiger partial charge >= 0.3 is 6.03 Å². The molecule has 3 rings (SSSR count). The Hall–Kier alpha value is -1.40. The third kappa shape index (κ3) is 3.19. The molecule has 2 N–H and O–H groups in total. The van der Waals surface area contributed by atoms with Crippen molar-refractivity contribution in [1.29, 1.82) is 0 Å². The van der Waals surface area contributed by atoms with Gasteiger partial charge in [-0.15, -0.1) is 11.3 Å². The molecule has 1 aromatic heterocycles. The molecule has 1 atom stereocenters. The molecule has 20 heavy (non-hydrogen) atoms. The standard InChI is InChI=1S/C14H20N4OS/c19-14(18-8-6-15-7-9-18)17-13-16-12(10-20-13)11-4-2-1-3-5-11/h2,4,10-11,15H,1,3,5-9H2,(H,16,17,19). The highest BCUT2D eigenvalue weighted by Gasteiger charge is 2.19. The molecule has 1 saturated heterocycles. The quantitative estimate of drug-likeness (QED) is 0.823. The molecular weight excluding hydrogens is 272 g/mol. The zero-order valence-corrected chi connectivity index (χ0v) is 12.3. The van der Waals surface area contributed by atoms with Crippen molar-refractivity contribution in [2.75, 3.05) is 31.5 Å². The van der Waals surface area contributed by atoms with Crippen LogP contribution in [-0.2, 0) is 0 Å². The number of allylic oxidation sites excluding steroid dienone is 2. The van der Waals surface area contributed by atoms with Gasteiger partial charge in [-0.25, -0.2) is 9.78 Å². The van der Waals surface area contributed by atoms with E-state index in [1.165, 1.54) is 24.2 Å². The second-order valence-corrected chi connectivity index (χ2v) is 6.07. The zero-order chi connectivity index (χ0) is 13.8. The first-order valence-corrected chi connectivity index (χ1v) is 8.09. The van der Waals surface area contributed by atoms with Crippen LogP contribution < -0.4 is 10.6 Å². The largest absolute Gasteiger partial charge is 0.323 e. The van der Waals surface area contributed by atoms with Gasteiger partial charge in [-0.3, -0.25) is 5.32 Å². The Morgan fingerprint density at radius 2 is 2.30 bits per heavy atom. The number of aromatic nitrogens is 1. The fourth-order valence-corrected chi connectivity index (χ4v) is 3.38. The summed E-state index contributed by atoms with van der Waals surface area (Å²) in [5, 5.41) is 8.93. The van der Waals surface area contributed by atoms with Crippen LogP contribution in [0.3, 0.4) is 0 Å². The molecule has 108 valence electrons. The van der Waals surface area contributed by atoms with E-state index in [1.54, 1.807) is 0 Å². The van der Waals surface area contributed by atoms with Crippen LogP contribution in [0.4, 0.5) is 9.93 Å². The first-order chi connectivity index (χ1) is 9.83. The molecule has 0 aromatic carbocycles. The van der Waals surface area contributed by atoms with Gasteiger partial charge in [0.2, 0.25) is 0 Å². The highest BCUT2D eigenvalue weighted by molar-refractivity contribution is 7.13. The van der Waals surface area contributed by atoms with E-state index in [2.05, 4.69) is 33.1 Å². The van der Waals surface area contributed by atoms with Crippen molar-refractivity contribution in [1.82, 2.24) is 15.2 Å². The molecule has 1 unspecified atom stereocenters. The van der Waals surface area contributed by atoms with Crippen LogP contribution in [0.2, 0.25) is 0 Å². The van der Waals surface area contributed by atoms with Gasteiger partial charge in [-0.1, -0.05) is 12.2 Å². The van der Waals surface area contributed by atoms with E-state index in [4.69, 9.17) is 0 Å². The summed E-state index contributed by atoms with van der Waals surface area (Å²) < 4.78 is 0. The lowest BCUT2D eigenvalue weighted by atomic mass is 9.94. The Morgan fingerprint density at radius 1 is 1.45 bits per heavy atom. The Kier molecular flexibility index (Phi) is 4.32. The van der Waals surface area contributed by atoms with Crippen LogP contribution in [0.1, 0.15) is 30.9 Å². The van der Waals surface area contributed by atoms with Crippen LogP contribution in [-0.4, -0.2) is 42.1 Å². The van der Waals surface area contributed by atoms with E-state index in [0.29, 0.717) is 11.0 Å². The van der Waals surface area contributed by atoms with Gasteiger partial charge in [0.05, 0.1) is 5.69 Å². The summed E-state index contributed by atoms with van der Waals surface area (Å²) in [5.74, 6) is 0.421. The van der Waals surface area contributed by atoms with Gasteiger partial charge in [0.25, 0.3) is 0 Å². The first-order valence-electron chi connectivity index (χ1n) is 7.21. The lowest BCUT2D eigenvalue weighted by molar-refractivity contribution is 0.204. The highest BCUT2D eigenvalue weighted by atomic mass is 32.1. The molecule has 0 bridgehead atoms. The highest BCUT2D eigenvalue weighted by Crippen LogP contribution is 2.30. The zero-order valence-electron chi connectivity index (χ0n) is 11.5. The number of nitrogens with one attached hydrogen (secondary N) is 2. The number of amides is 2. The van der Waals surface area contributed by atoms with E-state index in [9.17, 15) is 4.79 Å². The number of nitrogens with zero attached hydrogens (tertiary/aromatic N) is 2. The number of anilines is 1. The van der Waals surface area contributed by atoms with Crippen LogP contribution in [0.5, 0.6) is 0 Å². The van der Waals surface area contributed by atoms with Gasteiger partial charge in [0.15, 0.2) is 5.13 Å². The number of rotatable bonds is 2. The third-order valence-corrected chi connectivity index (χ3v) is 4.55. The van der Waals surface area contributed by atoms with Crippen molar-refractivity contribution in [3.63, 3.8) is 0 Å². The lowest BCUT2D eigenvalue weighted by Gasteiger charge is -2.26. The van der Waals surface area contributed by atoms with E-state index in [-0.39, 0.29) is 6.03 Å². The van der Waals surface area contributed by atoms with Gasteiger partial charge in [0.1, 0.15) is 0 Å². The number of hydrogen-bond acceptors (Lipinski definition) is 4. The van der Waals surface area contributed by atoms with Crippen LogP contribution >= 0.6 is 11.3 Å². The molecule has 0 radical (unpaired) electrons. The molecule has 6 heteroatoms. The van der Waals surface area contributed by atoms with Crippen molar-refractivity contribution in [2.45, 2.75) is 25.2 Å². The maximum absolute atomic E-state index is 12.1. The Balaban J connectivity index is 1.60. The van der Waals surface area contributed by atoms with Gasteiger partial charge in [0, 0.05) is 37.5 Å². The molecule has 2 aliphatic rings. The molecule has 5 nitrogen and oxygen atoms in total. The van der Waals surface area contributed by atoms with Gasteiger partial charge in [-0.05, 0) is 19.3 Å². The second kappa shape index (κ2) is 6.37. The molecule has 1 fully saturated rings. The second-order valence-electron chi connectivity index (χ2n) is 5.21. The van der Waals surface area contributed by atoms with Crippen molar-refractivity contribution in [3.8, 4) is 0 Å². The Labute approximate surface area is 123 Å². The SMILES string of the molecule is O=C(Nc1nc(C2C=CCCC2)cs1)N1CCNCC1. The maximum atomic E-state index is 12.1. The minimum absolute atomic E-state index is 0.0356. The normalized spacial score (nSPS) is 22.8. The van der Waals surface area contributed by atoms with Crippen LogP contribution in [0.15, 0.2) is 17.5 Å². The summed E-state index contributed by atoms with van der Waals surface area (Å²) in [6.45, 7) is 3.25. The summed E-state index contributed by atoms with van der Waals surface area (Å²) in [5.41, 5.74) is 1.08. The molecular formula is C14H20N4OS. The molecule has 0 saturated carbocycles. The van der Waals surface area contributed by atoms with Crippen molar-refractivity contribution in [3.05, 3.63) is 23.2 Å². The predicted molar refractivity (Wildman–Crippen MR) is 81.3 cm³/mol. The maximum Gasteiger partial charge on any atom is 0.323 e. The summed E-state index contributed by atoms with van der Waals surface area (Å²) in [7, 11) is 0. The molecule has 0 spiro atoms. The average molecular weight is 292 g/mol. The number of urea groups is 1. The minimum Gasteiger partial charge on any atom is -0.322 e. The smallest absolute Gasteiger partial charge is 0.322 e. The van der Waals surface area contributed by atoms with Crippen LogP contribution in [0.25, 0.3) is 0 Å². The summed E-state index contributed by atoms with van der Waals surface area (Å²) in [6, 6.07) is -0.0356. The number of carbonyl (C=O) groups excluding carboxylic acids is 1. The summed E-state index contributed by atoms with van der Waals surface area (Å²) in [4.78, 5) is 18.5. The van der Waals surface area contributed by atoms with E-state index in [1.807, 2.05) is 4.90 Å². The fraction of sp³-hybridized carbons (Fsp3) is 0.571. The molecule has 2 heterocycles. The van der Waals surface area contributed by atoms with Crippen molar-refractivity contribution in [2.24, 2.45) is 0 Å². The number of carbonyl (C=O) groups is 1. The van der Waals surface area contributed by atoms with Gasteiger partial charge < -0.3 is 10.2 Å². The van der Waals surface area contributed by atoms with Crippen molar-refractivity contribution < 1.29 is 4.79 Å². The number of piperazine rings is 1. The Morgan fingerprint density at radius 3 is 3.05 bits per heavy atom. The molecule has 2 amide bonds. The number of thiazole rings is 1. The Bertz CT molecular complexity index is 493. The third-order valence-electron chi connectivity index (χ3n) is 3.77. The van der Waals surface area contributed by atoms with E-state index < -0.39 is 0 Å². The number of hydrogen-bond donors (Lipinski definition) is 2. The molecule has 1 aromatic rings. The first kappa shape index (κ1) is 13.6. The molecule has 1 aliphatic carbocycles. The monoisotopic (exact) mass is 292 g/mol. The lowest BCUT2D eigenvalue weighted by Crippen LogP contribution is -2.48. The van der Waals surface area contributed by atoms with E-state index in [0.717, 1.165) is 38.3 Å². The molecule has 1 aliphatic heterocycles. The average Bonchev–Trinajstić information content (AvgIpc) is 2.97. The summed E-state index contributed by atoms with van der Waals surface area (Å²) >= 11 is 1.52. The summed E-state index contributed by atoms with van der Waals surface area (Å²) in [6.07, 6.45) is 8.02.